The minimum Gasteiger partial charge on any atom is -0.484 e. The van der Waals surface area contributed by atoms with Gasteiger partial charge in [0.25, 0.3) is 5.91 Å². The van der Waals surface area contributed by atoms with Crippen LogP contribution >= 0.6 is 22.6 Å². The van der Waals surface area contributed by atoms with Crippen LogP contribution < -0.4 is 4.74 Å². The van der Waals surface area contributed by atoms with Gasteiger partial charge in [-0.15, -0.1) is 0 Å². The van der Waals surface area contributed by atoms with E-state index in [-0.39, 0.29) is 12.5 Å². The van der Waals surface area contributed by atoms with Crippen LogP contribution in [0.3, 0.4) is 0 Å². The van der Waals surface area contributed by atoms with Crippen molar-refractivity contribution in [2.75, 3.05) is 33.4 Å². The van der Waals surface area contributed by atoms with Crippen LogP contribution in [0, 0.1) is 9.49 Å². The van der Waals surface area contributed by atoms with Gasteiger partial charge in [0.05, 0.1) is 6.61 Å². The molecule has 0 fully saturated rings. The fourth-order valence-corrected chi connectivity index (χ4v) is 2.09. The zero-order chi connectivity index (χ0) is 15.0. The van der Waals surface area contributed by atoms with Crippen LogP contribution in [0.1, 0.15) is 13.8 Å². The van der Waals surface area contributed by atoms with Gasteiger partial charge in [0.1, 0.15) is 5.75 Å². The minimum absolute atomic E-state index is 0.00528. The molecule has 112 valence electrons. The van der Waals surface area contributed by atoms with Crippen molar-refractivity contribution < 1.29 is 14.3 Å². The highest BCUT2D eigenvalue weighted by Crippen LogP contribution is 2.13. The smallest absolute Gasteiger partial charge is 0.260 e. The summed E-state index contributed by atoms with van der Waals surface area (Å²) in [6, 6.07) is 7.66. The third kappa shape index (κ3) is 6.56. The van der Waals surface area contributed by atoms with E-state index in [0.717, 1.165) is 15.9 Å². The van der Waals surface area contributed by atoms with Crippen LogP contribution in [-0.2, 0) is 9.53 Å². The van der Waals surface area contributed by atoms with Crippen molar-refractivity contribution in [2.24, 2.45) is 5.92 Å². The molecule has 0 unspecified atom stereocenters. The lowest BCUT2D eigenvalue weighted by atomic mass is 10.2. The van der Waals surface area contributed by atoms with Crippen molar-refractivity contribution in [1.82, 2.24) is 4.90 Å². The largest absolute Gasteiger partial charge is 0.484 e. The Bertz CT molecular complexity index is 406. The van der Waals surface area contributed by atoms with Crippen molar-refractivity contribution >= 4 is 28.5 Å². The maximum Gasteiger partial charge on any atom is 0.260 e. The van der Waals surface area contributed by atoms with Crippen LogP contribution in [0.2, 0.25) is 0 Å². The van der Waals surface area contributed by atoms with E-state index in [9.17, 15) is 4.79 Å². The zero-order valence-corrected chi connectivity index (χ0v) is 14.4. The number of carbonyl (C=O) groups excluding carboxylic acids is 1. The molecule has 0 aliphatic carbocycles. The van der Waals surface area contributed by atoms with Gasteiger partial charge >= 0.3 is 0 Å². The molecule has 0 aliphatic rings. The van der Waals surface area contributed by atoms with E-state index in [0.29, 0.717) is 19.1 Å². The Labute approximate surface area is 134 Å². The molecule has 0 atom stereocenters. The van der Waals surface area contributed by atoms with Crippen LogP contribution in [0.5, 0.6) is 5.75 Å². The van der Waals surface area contributed by atoms with Crippen LogP contribution in [-0.4, -0.2) is 44.2 Å². The lowest BCUT2D eigenvalue weighted by molar-refractivity contribution is -0.134. The molecule has 1 aromatic carbocycles. The highest BCUT2D eigenvalue weighted by molar-refractivity contribution is 14.1. The van der Waals surface area contributed by atoms with Gasteiger partial charge in [-0.05, 0) is 52.8 Å². The Hall–Kier alpha value is -0.820. The van der Waals surface area contributed by atoms with E-state index in [2.05, 4.69) is 36.4 Å². The zero-order valence-electron chi connectivity index (χ0n) is 12.3. The number of halogens is 1. The first kappa shape index (κ1) is 17.2. The highest BCUT2D eigenvalue weighted by Gasteiger charge is 2.15. The van der Waals surface area contributed by atoms with E-state index in [1.165, 1.54) is 0 Å². The molecule has 0 saturated heterocycles. The molecule has 1 amide bonds. The number of methoxy groups -OCH3 is 1. The van der Waals surface area contributed by atoms with Crippen molar-refractivity contribution in [2.45, 2.75) is 13.8 Å². The molecule has 0 N–H and O–H groups in total. The second-order valence-electron chi connectivity index (χ2n) is 4.97. The average Bonchev–Trinajstić information content (AvgIpc) is 2.42. The van der Waals surface area contributed by atoms with Gasteiger partial charge in [0.2, 0.25) is 0 Å². The van der Waals surface area contributed by atoms with E-state index < -0.39 is 0 Å². The fourth-order valence-electron chi connectivity index (χ4n) is 1.73. The highest BCUT2D eigenvalue weighted by atomic mass is 127. The summed E-state index contributed by atoms with van der Waals surface area (Å²) in [5, 5.41) is 0. The quantitative estimate of drug-likeness (QED) is 0.640. The van der Waals surface area contributed by atoms with E-state index in [1.807, 2.05) is 24.3 Å². The van der Waals surface area contributed by atoms with Gasteiger partial charge in [-0.25, -0.2) is 0 Å². The van der Waals surface area contributed by atoms with Gasteiger partial charge < -0.3 is 14.4 Å². The third-order valence-corrected chi connectivity index (χ3v) is 3.40. The Balaban J connectivity index is 2.49. The standard InChI is InChI=1S/C15H22INO3/c1-12(2)10-17(8-9-19-3)15(18)11-20-14-6-4-13(16)5-7-14/h4-7,12H,8-11H2,1-3H3. The maximum absolute atomic E-state index is 12.2. The monoisotopic (exact) mass is 391 g/mol. The number of benzene rings is 1. The first-order valence-electron chi connectivity index (χ1n) is 6.68. The normalized spacial score (nSPS) is 10.7. The number of hydrogen-bond donors (Lipinski definition) is 0. The Morgan fingerprint density at radius 1 is 1.30 bits per heavy atom. The molecule has 0 spiro atoms. The van der Waals surface area contributed by atoms with Gasteiger partial charge in [-0.2, -0.15) is 0 Å². The molecule has 4 nitrogen and oxygen atoms in total. The van der Waals surface area contributed by atoms with E-state index >= 15 is 0 Å². The Kier molecular flexibility index (Phi) is 7.91. The fraction of sp³-hybridized carbons (Fsp3) is 0.533. The van der Waals surface area contributed by atoms with Crippen LogP contribution in [0.15, 0.2) is 24.3 Å². The van der Waals surface area contributed by atoms with Crippen LogP contribution in [0.25, 0.3) is 0 Å². The first-order chi connectivity index (χ1) is 9.52. The van der Waals surface area contributed by atoms with Gasteiger partial charge in [-0.1, -0.05) is 13.8 Å². The summed E-state index contributed by atoms with van der Waals surface area (Å²) in [5.74, 6) is 1.14. The Morgan fingerprint density at radius 3 is 2.50 bits per heavy atom. The van der Waals surface area contributed by atoms with Crippen LogP contribution in [0.4, 0.5) is 0 Å². The molecule has 0 saturated carbocycles. The second-order valence-corrected chi connectivity index (χ2v) is 6.21. The van der Waals surface area contributed by atoms with Gasteiger partial charge in [0.15, 0.2) is 6.61 Å². The van der Waals surface area contributed by atoms with Crippen molar-refractivity contribution in [3.05, 3.63) is 27.8 Å². The Morgan fingerprint density at radius 2 is 1.95 bits per heavy atom. The summed E-state index contributed by atoms with van der Waals surface area (Å²) in [7, 11) is 1.64. The molecule has 1 aromatic rings. The molecule has 1 rings (SSSR count). The second kappa shape index (κ2) is 9.18. The number of amides is 1. The molecular weight excluding hydrogens is 369 g/mol. The van der Waals surface area contributed by atoms with E-state index in [1.54, 1.807) is 12.0 Å². The summed E-state index contributed by atoms with van der Waals surface area (Å²) >= 11 is 2.23. The van der Waals surface area contributed by atoms with Gasteiger partial charge in [0, 0.05) is 23.8 Å². The number of nitrogens with zero attached hydrogens (tertiary/aromatic N) is 1. The number of carbonyl (C=O) groups is 1. The summed E-state index contributed by atoms with van der Waals surface area (Å²) in [6.07, 6.45) is 0. The predicted octanol–water partition coefficient (Wildman–Crippen LogP) is 2.80. The lowest BCUT2D eigenvalue weighted by Gasteiger charge is -2.24. The summed E-state index contributed by atoms with van der Waals surface area (Å²) in [4.78, 5) is 14.0. The summed E-state index contributed by atoms with van der Waals surface area (Å²) in [5.41, 5.74) is 0. The molecular formula is C15H22INO3. The lowest BCUT2D eigenvalue weighted by Crippen LogP contribution is -2.39. The SMILES string of the molecule is COCCN(CC(C)C)C(=O)COc1ccc(I)cc1. The van der Waals surface area contributed by atoms with E-state index in [4.69, 9.17) is 9.47 Å². The molecule has 0 aliphatic heterocycles. The average molecular weight is 391 g/mol. The predicted molar refractivity (Wildman–Crippen MR) is 87.9 cm³/mol. The molecule has 0 aromatic heterocycles. The summed E-state index contributed by atoms with van der Waals surface area (Å²) in [6.45, 7) is 6.11. The molecule has 0 bridgehead atoms. The third-order valence-electron chi connectivity index (χ3n) is 2.68. The number of ether oxygens (including phenoxy) is 2. The van der Waals surface area contributed by atoms with Crippen molar-refractivity contribution in [3.63, 3.8) is 0 Å². The van der Waals surface area contributed by atoms with Gasteiger partial charge in [-0.3, -0.25) is 4.79 Å². The summed E-state index contributed by atoms with van der Waals surface area (Å²) < 4.78 is 11.7. The molecule has 5 heteroatoms. The van der Waals surface area contributed by atoms with Crippen molar-refractivity contribution in [1.29, 1.82) is 0 Å². The molecule has 20 heavy (non-hydrogen) atoms. The maximum atomic E-state index is 12.2. The van der Waals surface area contributed by atoms with Crippen molar-refractivity contribution in [3.8, 4) is 5.75 Å². The molecule has 0 heterocycles. The number of rotatable bonds is 8. The minimum atomic E-state index is -0.00528. The first-order valence-corrected chi connectivity index (χ1v) is 7.76. The number of hydrogen-bond acceptors (Lipinski definition) is 3. The molecule has 0 radical (unpaired) electrons. The topological polar surface area (TPSA) is 38.8 Å².